The van der Waals surface area contributed by atoms with Crippen LogP contribution in [0.25, 0.3) is 0 Å². The molecule has 0 aliphatic carbocycles. The molecule has 0 spiro atoms. The van der Waals surface area contributed by atoms with Gasteiger partial charge in [0.05, 0.1) is 12.5 Å². The Morgan fingerprint density at radius 1 is 1.27 bits per heavy atom. The van der Waals surface area contributed by atoms with E-state index in [1.165, 1.54) is 5.56 Å². The predicted octanol–water partition coefficient (Wildman–Crippen LogP) is 2.53. The molecule has 1 aliphatic heterocycles. The van der Waals surface area contributed by atoms with Crippen LogP contribution in [0.3, 0.4) is 0 Å². The Morgan fingerprint density at radius 2 is 2.00 bits per heavy atom. The van der Waals surface area contributed by atoms with Gasteiger partial charge in [0.2, 0.25) is 5.91 Å². The molecule has 1 saturated heterocycles. The van der Waals surface area contributed by atoms with Crippen LogP contribution in [0.15, 0.2) is 24.3 Å². The highest BCUT2D eigenvalue weighted by atomic mass is 16.5. The molecule has 1 aromatic rings. The number of piperidine rings is 1. The number of aryl methyl sites for hydroxylation is 1. The van der Waals surface area contributed by atoms with Crippen molar-refractivity contribution >= 4 is 11.9 Å². The molecule has 1 N–H and O–H groups in total. The molecule has 144 valence electrons. The highest BCUT2D eigenvalue weighted by Gasteiger charge is 2.28. The van der Waals surface area contributed by atoms with Crippen LogP contribution in [0.5, 0.6) is 5.75 Å². The highest BCUT2D eigenvalue weighted by molar-refractivity contribution is 5.80. The third-order valence-electron chi connectivity index (χ3n) is 4.62. The second kappa shape index (κ2) is 10.0. The number of benzene rings is 1. The standard InChI is InChI=1S/C20H31N3O3/c1-4-26-18-11-9-16(10-12-18)7-5-13-21-19(24)17-8-6-14-23(15-17)20(25)22(2)3/h9-12,17H,4-8,13-15H2,1-3H3,(H,21,24)/t17-/m1/s1. The van der Waals surface area contributed by atoms with Crippen LogP contribution >= 0.6 is 0 Å². The van der Waals surface area contributed by atoms with Gasteiger partial charge in [0.15, 0.2) is 0 Å². The van der Waals surface area contributed by atoms with Gasteiger partial charge >= 0.3 is 6.03 Å². The number of rotatable bonds is 7. The minimum absolute atomic E-state index is 0.0157. The first-order valence-electron chi connectivity index (χ1n) is 9.47. The second-order valence-corrected chi connectivity index (χ2v) is 6.93. The van der Waals surface area contributed by atoms with Crippen molar-refractivity contribution in [3.63, 3.8) is 0 Å². The molecule has 2 rings (SSSR count). The minimum Gasteiger partial charge on any atom is -0.494 e. The van der Waals surface area contributed by atoms with Crippen molar-refractivity contribution in [1.82, 2.24) is 15.1 Å². The Hall–Kier alpha value is -2.24. The number of amides is 3. The first-order valence-corrected chi connectivity index (χ1v) is 9.47. The summed E-state index contributed by atoms with van der Waals surface area (Å²) >= 11 is 0. The van der Waals surface area contributed by atoms with Crippen LogP contribution in [0.4, 0.5) is 4.79 Å². The number of hydrogen-bond donors (Lipinski definition) is 1. The Balaban J connectivity index is 1.70. The molecular weight excluding hydrogens is 330 g/mol. The van der Waals surface area contributed by atoms with Crippen molar-refractivity contribution in [2.24, 2.45) is 5.92 Å². The number of carbonyl (C=O) groups excluding carboxylic acids is 2. The third kappa shape index (κ3) is 5.93. The normalized spacial score (nSPS) is 16.9. The Kier molecular flexibility index (Phi) is 7.75. The molecule has 26 heavy (non-hydrogen) atoms. The largest absolute Gasteiger partial charge is 0.494 e. The van der Waals surface area contributed by atoms with Crippen LogP contribution in [-0.4, -0.2) is 62.1 Å². The molecule has 6 nitrogen and oxygen atoms in total. The molecule has 0 aromatic heterocycles. The summed E-state index contributed by atoms with van der Waals surface area (Å²) in [5.41, 5.74) is 1.24. The maximum absolute atomic E-state index is 12.4. The summed E-state index contributed by atoms with van der Waals surface area (Å²) in [6.07, 6.45) is 3.54. The summed E-state index contributed by atoms with van der Waals surface area (Å²) in [6, 6.07) is 8.08. The summed E-state index contributed by atoms with van der Waals surface area (Å²) < 4.78 is 5.44. The lowest BCUT2D eigenvalue weighted by Crippen LogP contribution is -2.48. The number of nitrogens with zero attached hydrogens (tertiary/aromatic N) is 2. The van der Waals surface area contributed by atoms with Crippen LogP contribution in [0.1, 0.15) is 31.7 Å². The number of nitrogens with one attached hydrogen (secondary N) is 1. The van der Waals surface area contributed by atoms with E-state index in [0.29, 0.717) is 19.7 Å². The predicted molar refractivity (Wildman–Crippen MR) is 102 cm³/mol. The fourth-order valence-corrected chi connectivity index (χ4v) is 3.22. The topological polar surface area (TPSA) is 61.9 Å². The van der Waals surface area contributed by atoms with Crippen molar-refractivity contribution in [2.45, 2.75) is 32.6 Å². The van der Waals surface area contributed by atoms with Crippen molar-refractivity contribution in [1.29, 1.82) is 0 Å². The van der Waals surface area contributed by atoms with Crippen molar-refractivity contribution in [3.8, 4) is 5.75 Å². The molecule has 0 radical (unpaired) electrons. The Bertz CT molecular complexity index is 586. The molecule has 0 bridgehead atoms. The summed E-state index contributed by atoms with van der Waals surface area (Å²) in [5, 5.41) is 3.03. The monoisotopic (exact) mass is 361 g/mol. The second-order valence-electron chi connectivity index (χ2n) is 6.93. The summed E-state index contributed by atoms with van der Waals surface area (Å²) in [6.45, 7) is 4.55. The molecule has 1 aliphatic rings. The maximum Gasteiger partial charge on any atom is 0.319 e. The summed E-state index contributed by atoms with van der Waals surface area (Å²) in [5.74, 6) is 0.852. The maximum atomic E-state index is 12.4. The number of carbonyl (C=O) groups is 2. The van der Waals surface area contributed by atoms with Crippen LogP contribution in [0, 0.1) is 5.92 Å². The van der Waals surface area contributed by atoms with E-state index in [9.17, 15) is 9.59 Å². The van der Waals surface area contributed by atoms with Crippen LogP contribution in [-0.2, 0) is 11.2 Å². The SMILES string of the molecule is CCOc1ccc(CCCNC(=O)[C@@H]2CCCN(C(=O)N(C)C)C2)cc1. The zero-order valence-electron chi connectivity index (χ0n) is 16.2. The van der Waals surface area contributed by atoms with Gasteiger partial charge in [-0.25, -0.2) is 4.79 Å². The molecule has 1 fully saturated rings. The fraction of sp³-hybridized carbons (Fsp3) is 0.600. The molecule has 3 amide bonds. The van der Waals surface area contributed by atoms with E-state index in [0.717, 1.165) is 38.0 Å². The molecular formula is C20H31N3O3. The quantitative estimate of drug-likeness (QED) is 0.759. The molecule has 1 atom stereocenters. The average molecular weight is 361 g/mol. The van der Waals surface area contributed by atoms with E-state index in [1.54, 1.807) is 23.9 Å². The Labute approximate surface area is 156 Å². The average Bonchev–Trinajstić information content (AvgIpc) is 2.66. The van der Waals surface area contributed by atoms with Gasteiger partial charge in [-0.15, -0.1) is 0 Å². The van der Waals surface area contributed by atoms with E-state index in [4.69, 9.17) is 4.74 Å². The first-order chi connectivity index (χ1) is 12.5. The van der Waals surface area contributed by atoms with E-state index >= 15 is 0 Å². The minimum atomic E-state index is -0.0990. The molecule has 0 unspecified atom stereocenters. The zero-order chi connectivity index (χ0) is 18.9. The van der Waals surface area contributed by atoms with E-state index < -0.39 is 0 Å². The lowest BCUT2D eigenvalue weighted by Gasteiger charge is -2.33. The van der Waals surface area contributed by atoms with Crippen LogP contribution in [0.2, 0.25) is 0 Å². The van der Waals surface area contributed by atoms with Gasteiger partial charge in [0.25, 0.3) is 0 Å². The summed E-state index contributed by atoms with van der Waals surface area (Å²) in [4.78, 5) is 27.8. The van der Waals surface area contributed by atoms with Gasteiger partial charge in [-0.2, -0.15) is 0 Å². The third-order valence-corrected chi connectivity index (χ3v) is 4.62. The van der Waals surface area contributed by atoms with Gasteiger partial charge in [0.1, 0.15) is 5.75 Å². The van der Waals surface area contributed by atoms with Crippen molar-refractivity contribution in [2.75, 3.05) is 40.3 Å². The van der Waals surface area contributed by atoms with Crippen molar-refractivity contribution in [3.05, 3.63) is 29.8 Å². The van der Waals surface area contributed by atoms with Gasteiger partial charge in [-0.1, -0.05) is 12.1 Å². The summed E-state index contributed by atoms with van der Waals surface area (Å²) in [7, 11) is 3.49. The van der Waals surface area contributed by atoms with Gasteiger partial charge in [-0.3, -0.25) is 4.79 Å². The molecule has 6 heteroatoms. The number of hydrogen-bond acceptors (Lipinski definition) is 3. The van der Waals surface area contributed by atoms with Crippen molar-refractivity contribution < 1.29 is 14.3 Å². The molecule has 1 heterocycles. The van der Waals surface area contributed by atoms with Crippen LogP contribution < -0.4 is 10.1 Å². The smallest absolute Gasteiger partial charge is 0.319 e. The van der Waals surface area contributed by atoms with Gasteiger partial charge in [-0.05, 0) is 50.3 Å². The lowest BCUT2D eigenvalue weighted by atomic mass is 9.97. The van der Waals surface area contributed by atoms with E-state index in [1.807, 2.05) is 19.1 Å². The van der Waals surface area contributed by atoms with E-state index in [-0.39, 0.29) is 17.9 Å². The highest BCUT2D eigenvalue weighted by Crippen LogP contribution is 2.18. The van der Waals surface area contributed by atoms with Gasteiger partial charge < -0.3 is 19.9 Å². The Morgan fingerprint density at radius 3 is 2.65 bits per heavy atom. The number of urea groups is 1. The number of ether oxygens (including phenoxy) is 1. The number of likely N-dealkylation sites (tertiary alicyclic amines) is 1. The zero-order valence-corrected chi connectivity index (χ0v) is 16.2. The van der Waals surface area contributed by atoms with Gasteiger partial charge in [0, 0.05) is 33.7 Å². The van der Waals surface area contributed by atoms with E-state index in [2.05, 4.69) is 17.4 Å². The fourth-order valence-electron chi connectivity index (χ4n) is 3.22. The lowest BCUT2D eigenvalue weighted by molar-refractivity contribution is -0.126. The molecule has 1 aromatic carbocycles. The first kappa shape index (κ1) is 20.1. The molecule has 0 saturated carbocycles.